The van der Waals surface area contributed by atoms with Crippen molar-refractivity contribution in [1.82, 2.24) is 4.98 Å². The Bertz CT molecular complexity index is 713. The average Bonchev–Trinajstić information content (AvgIpc) is 2.91. The van der Waals surface area contributed by atoms with Crippen LogP contribution in [0, 0.1) is 0 Å². The van der Waals surface area contributed by atoms with Crippen molar-refractivity contribution in [1.29, 1.82) is 0 Å². The lowest BCUT2D eigenvalue weighted by Crippen LogP contribution is -2.06. The Morgan fingerprint density at radius 3 is 2.57 bits per heavy atom. The summed E-state index contributed by atoms with van der Waals surface area (Å²) in [5, 5.41) is 4.69. The highest BCUT2D eigenvalue weighted by atomic mass is 32.1. The number of thiazole rings is 1. The number of anilines is 1. The van der Waals surface area contributed by atoms with Gasteiger partial charge in [0.05, 0.1) is 16.3 Å². The number of para-hydroxylation sites is 1. The number of benzene rings is 2. The van der Waals surface area contributed by atoms with Crippen molar-refractivity contribution in [2.75, 3.05) is 5.32 Å². The van der Waals surface area contributed by atoms with Crippen LogP contribution in [-0.2, 0) is 0 Å². The molecule has 21 heavy (non-hydrogen) atoms. The first-order valence-corrected chi connectivity index (χ1v) is 8.17. The minimum atomic E-state index is 0.213. The molecule has 0 spiro atoms. The summed E-state index contributed by atoms with van der Waals surface area (Å²) >= 11 is 1.76. The maximum absolute atomic E-state index is 4.72. The van der Waals surface area contributed by atoms with E-state index in [9.17, 15) is 0 Å². The predicted molar refractivity (Wildman–Crippen MR) is 92.2 cm³/mol. The van der Waals surface area contributed by atoms with Gasteiger partial charge in [-0.3, -0.25) is 0 Å². The molecule has 3 heteroatoms. The van der Waals surface area contributed by atoms with Gasteiger partial charge in [0, 0.05) is 5.69 Å². The molecule has 1 unspecified atom stereocenters. The van der Waals surface area contributed by atoms with Crippen molar-refractivity contribution >= 4 is 27.2 Å². The minimum Gasteiger partial charge on any atom is -0.376 e. The fourth-order valence-electron chi connectivity index (χ4n) is 2.37. The van der Waals surface area contributed by atoms with Crippen LogP contribution in [0.5, 0.6) is 0 Å². The van der Waals surface area contributed by atoms with Crippen LogP contribution in [0.4, 0.5) is 5.69 Å². The molecule has 0 saturated carbocycles. The Kier molecular flexibility index (Phi) is 3.93. The van der Waals surface area contributed by atoms with E-state index < -0.39 is 0 Å². The lowest BCUT2D eigenvalue weighted by Gasteiger charge is -2.14. The summed E-state index contributed by atoms with van der Waals surface area (Å²) in [7, 11) is 0. The molecule has 0 bridgehead atoms. The van der Waals surface area contributed by atoms with Crippen LogP contribution in [0.1, 0.15) is 43.3 Å². The normalized spacial score (nSPS) is 12.8. The third-order valence-corrected chi connectivity index (χ3v) is 4.84. The van der Waals surface area contributed by atoms with Gasteiger partial charge in [0.1, 0.15) is 5.01 Å². The van der Waals surface area contributed by atoms with E-state index in [0.29, 0.717) is 5.92 Å². The highest BCUT2D eigenvalue weighted by molar-refractivity contribution is 7.18. The smallest absolute Gasteiger partial charge is 0.116 e. The molecule has 0 aliphatic carbocycles. The molecule has 1 aromatic heterocycles. The molecule has 3 aromatic rings. The van der Waals surface area contributed by atoms with Crippen LogP contribution >= 0.6 is 11.3 Å². The minimum absolute atomic E-state index is 0.213. The summed E-state index contributed by atoms with van der Waals surface area (Å²) < 4.78 is 1.25. The van der Waals surface area contributed by atoms with Gasteiger partial charge in [0.15, 0.2) is 0 Å². The summed E-state index contributed by atoms with van der Waals surface area (Å²) in [4.78, 5) is 4.72. The van der Waals surface area contributed by atoms with Crippen molar-refractivity contribution in [3.05, 3.63) is 59.1 Å². The maximum atomic E-state index is 4.72. The van der Waals surface area contributed by atoms with Crippen LogP contribution in [0.2, 0.25) is 0 Å². The first-order valence-electron chi connectivity index (χ1n) is 7.35. The number of rotatable bonds is 4. The van der Waals surface area contributed by atoms with Gasteiger partial charge >= 0.3 is 0 Å². The Morgan fingerprint density at radius 2 is 1.81 bits per heavy atom. The van der Waals surface area contributed by atoms with Crippen LogP contribution in [0.3, 0.4) is 0 Å². The Morgan fingerprint density at radius 1 is 1.00 bits per heavy atom. The second-order valence-corrected chi connectivity index (χ2v) is 6.73. The maximum Gasteiger partial charge on any atom is 0.116 e. The third kappa shape index (κ3) is 3.08. The largest absolute Gasteiger partial charge is 0.376 e. The topological polar surface area (TPSA) is 24.9 Å². The highest BCUT2D eigenvalue weighted by Gasteiger charge is 2.11. The van der Waals surface area contributed by atoms with E-state index in [0.717, 1.165) is 16.2 Å². The van der Waals surface area contributed by atoms with Crippen molar-refractivity contribution in [3.63, 3.8) is 0 Å². The van der Waals surface area contributed by atoms with Crippen LogP contribution in [0.25, 0.3) is 10.2 Å². The Hall–Kier alpha value is -1.87. The molecule has 1 heterocycles. The van der Waals surface area contributed by atoms with Gasteiger partial charge in [-0.1, -0.05) is 38.1 Å². The molecule has 1 atom stereocenters. The van der Waals surface area contributed by atoms with E-state index >= 15 is 0 Å². The van der Waals surface area contributed by atoms with E-state index in [1.54, 1.807) is 11.3 Å². The number of fused-ring (bicyclic) bond motifs is 1. The van der Waals surface area contributed by atoms with Crippen LogP contribution in [-0.4, -0.2) is 4.98 Å². The molecular weight excluding hydrogens is 276 g/mol. The Balaban J connectivity index is 1.82. The predicted octanol–water partition coefficient (Wildman–Crippen LogP) is 5.59. The van der Waals surface area contributed by atoms with E-state index in [4.69, 9.17) is 4.98 Å². The first kappa shape index (κ1) is 14.1. The summed E-state index contributed by atoms with van der Waals surface area (Å²) in [6.45, 7) is 6.60. The molecular formula is C18H20N2S. The molecule has 1 N–H and O–H groups in total. The summed E-state index contributed by atoms with van der Waals surface area (Å²) in [6, 6.07) is 17.2. The van der Waals surface area contributed by atoms with Gasteiger partial charge in [-0.2, -0.15) is 0 Å². The van der Waals surface area contributed by atoms with E-state index in [-0.39, 0.29) is 6.04 Å². The van der Waals surface area contributed by atoms with E-state index in [1.807, 2.05) is 6.07 Å². The molecule has 2 aromatic carbocycles. The molecule has 0 aliphatic rings. The highest BCUT2D eigenvalue weighted by Crippen LogP contribution is 2.29. The van der Waals surface area contributed by atoms with Crippen molar-refractivity contribution in [2.24, 2.45) is 0 Å². The zero-order valence-corrected chi connectivity index (χ0v) is 13.4. The van der Waals surface area contributed by atoms with Gasteiger partial charge in [-0.25, -0.2) is 4.98 Å². The van der Waals surface area contributed by atoms with Crippen LogP contribution in [0.15, 0.2) is 48.5 Å². The Labute approximate surface area is 129 Å². The fraction of sp³-hybridized carbons (Fsp3) is 0.278. The third-order valence-electron chi connectivity index (χ3n) is 3.62. The fourth-order valence-corrected chi connectivity index (χ4v) is 3.34. The second-order valence-electron chi connectivity index (χ2n) is 5.67. The van der Waals surface area contributed by atoms with Gasteiger partial charge < -0.3 is 5.32 Å². The molecule has 2 nitrogen and oxygen atoms in total. The molecule has 0 radical (unpaired) electrons. The number of hydrogen-bond donors (Lipinski definition) is 1. The summed E-state index contributed by atoms with van der Waals surface area (Å²) in [5.74, 6) is 0.546. The summed E-state index contributed by atoms with van der Waals surface area (Å²) in [5.41, 5.74) is 3.60. The van der Waals surface area contributed by atoms with Crippen molar-refractivity contribution < 1.29 is 0 Å². The quantitative estimate of drug-likeness (QED) is 0.678. The molecule has 0 saturated heterocycles. The molecule has 3 rings (SSSR count). The molecule has 108 valence electrons. The number of nitrogens with one attached hydrogen (secondary N) is 1. The van der Waals surface area contributed by atoms with Crippen LogP contribution < -0.4 is 5.32 Å². The SMILES string of the molecule is CC(C)c1cccc(NC(C)c2nc3ccccc3s2)c1. The van der Waals surface area contributed by atoms with E-state index in [1.165, 1.54) is 10.3 Å². The lowest BCUT2D eigenvalue weighted by molar-refractivity contribution is 0.855. The monoisotopic (exact) mass is 296 g/mol. The van der Waals surface area contributed by atoms with Crippen molar-refractivity contribution in [3.8, 4) is 0 Å². The van der Waals surface area contributed by atoms with Crippen molar-refractivity contribution in [2.45, 2.75) is 32.7 Å². The summed E-state index contributed by atoms with van der Waals surface area (Å²) in [6.07, 6.45) is 0. The van der Waals surface area contributed by atoms with Gasteiger partial charge in [-0.05, 0) is 42.7 Å². The number of nitrogens with zero attached hydrogens (tertiary/aromatic N) is 1. The zero-order chi connectivity index (χ0) is 14.8. The average molecular weight is 296 g/mol. The first-order chi connectivity index (χ1) is 10.1. The van der Waals surface area contributed by atoms with Gasteiger partial charge in [0.2, 0.25) is 0 Å². The standard InChI is InChI=1S/C18H20N2S/c1-12(2)14-7-6-8-15(11-14)19-13(3)18-20-16-9-4-5-10-17(16)21-18/h4-13,19H,1-3H3. The number of hydrogen-bond acceptors (Lipinski definition) is 3. The molecule has 0 aliphatic heterocycles. The lowest BCUT2D eigenvalue weighted by atomic mass is 10.0. The zero-order valence-electron chi connectivity index (χ0n) is 12.6. The van der Waals surface area contributed by atoms with Gasteiger partial charge in [-0.15, -0.1) is 11.3 Å². The van der Waals surface area contributed by atoms with E-state index in [2.05, 4.69) is 68.6 Å². The van der Waals surface area contributed by atoms with Gasteiger partial charge in [0.25, 0.3) is 0 Å². The second kappa shape index (κ2) is 5.86. The number of aromatic nitrogens is 1. The molecule has 0 fully saturated rings. The molecule has 0 amide bonds.